The van der Waals surface area contributed by atoms with Crippen LogP contribution in [0.1, 0.15) is 24.7 Å². The Morgan fingerprint density at radius 1 is 1.38 bits per heavy atom. The van der Waals surface area contributed by atoms with E-state index in [4.69, 9.17) is 11.6 Å². The summed E-state index contributed by atoms with van der Waals surface area (Å²) in [6, 6.07) is 6.05. The van der Waals surface area contributed by atoms with E-state index in [1.165, 1.54) is 11.3 Å². The van der Waals surface area contributed by atoms with Gasteiger partial charge >= 0.3 is 0 Å². The summed E-state index contributed by atoms with van der Waals surface area (Å²) in [6.07, 6.45) is 4.92. The van der Waals surface area contributed by atoms with Gasteiger partial charge in [0, 0.05) is 43.7 Å². The van der Waals surface area contributed by atoms with Gasteiger partial charge in [-0.15, -0.1) is 0 Å². The van der Waals surface area contributed by atoms with Crippen molar-refractivity contribution in [3.8, 4) is 0 Å². The molecule has 0 radical (unpaired) electrons. The standard InChI is InChI=1S/C16H23ClN4/c1-4-7-18-11-13-10-14(17)5-6-15(13)21(3)12-16-19-8-9-20(16)2/h5-6,8-10,18H,4,7,11-12H2,1-3H3. The average Bonchev–Trinajstić information content (AvgIpc) is 2.84. The molecule has 2 rings (SSSR count). The lowest BCUT2D eigenvalue weighted by Gasteiger charge is -2.22. The van der Waals surface area contributed by atoms with E-state index in [9.17, 15) is 0 Å². The smallest absolute Gasteiger partial charge is 0.127 e. The zero-order valence-electron chi connectivity index (χ0n) is 12.9. The Bertz CT molecular complexity index is 579. The molecule has 0 spiro atoms. The van der Waals surface area contributed by atoms with E-state index in [1.807, 2.05) is 36.1 Å². The van der Waals surface area contributed by atoms with Crippen LogP contribution in [0.5, 0.6) is 0 Å². The number of benzene rings is 1. The SMILES string of the molecule is CCCNCc1cc(Cl)ccc1N(C)Cc1nccn1C. The third kappa shape index (κ3) is 4.22. The van der Waals surface area contributed by atoms with Crippen molar-refractivity contribution in [3.63, 3.8) is 0 Å². The highest BCUT2D eigenvalue weighted by atomic mass is 35.5. The Balaban J connectivity index is 2.15. The molecule has 0 bridgehead atoms. The first-order valence-electron chi connectivity index (χ1n) is 7.28. The van der Waals surface area contributed by atoms with Crippen molar-refractivity contribution in [2.45, 2.75) is 26.4 Å². The van der Waals surface area contributed by atoms with Crippen LogP contribution < -0.4 is 10.2 Å². The van der Waals surface area contributed by atoms with E-state index in [2.05, 4.69) is 35.2 Å². The lowest BCUT2D eigenvalue weighted by Crippen LogP contribution is -2.22. The van der Waals surface area contributed by atoms with E-state index >= 15 is 0 Å². The molecule has 0 saturated heterocycles. The molecule has 0 aliphatic carbocycles. The Kier molecular flexibility index (Phi) is 5.65. The van der Waals surface area contributed by atoms with Gasteiger partial charge in [-0.1, -0.05) is 18.5 Å². The van der Waals surface area contributed by atoms with Gasteiger partial charge in [0.25, 0.3) is 0 Å². The molecule has 0 atom stereocenters. The average molecular weight is 307 g/mol. The molecule has 2 aromatic rings. The topological polar surface area (TPSA) is 33.1 Å². The van der Waals surface area contributed by atoms with Gasteiger partial charge in [0.15, 0.2) is 0 Å². The highest BCUT2D eigenvalue weighted by molar-refractivity contribution is 6.30. The largest absolute Gasteiger partial charge is 0.367 e. The third-order valence-electron chi connectivity index (χ3n) is 3.49. The number of anilines is 1. The second-order valence-corrected chi connectivity index (χ2v) is 5.70. The zero-order chi connectivity index (χ0) is 15.2. The summed E-state index contributed by atoms with van der Waals surface area (Å²) < 4.78 is 2.04. The molecular weight excluding hydrogens is 284 g/mol. The molecule has 5 heteroatoms. The molecule has 1 aromatic carbocycles. The third-order valence-corrected chi connectivity index (χ3v) is 3.73. The summed E-state index contributed by atoms with van der Waals surface area (Å²) in [5.74, 6) is 1.04. The summed E-state index contributed by atoms with van der Waals surface area (Å²) >= 11 is 6.14. The molecule has 21 heavy (non-hydrogen) atoms. The van der Waals surface area contributed by atoms with Crippen molar-refractivity contribution in [2.24, 2.45) is 7.05 Å². The molecule has 0 unspecified atom stereocenters. The van der Waals surface area contributed by atoms with E-state index in [0.717, 1.165) is 36.9 Å². The minimum Gasteiger partial charge on any atom is -0.367 e. The van der Waals surface area contributed by atoms with Crippen LogP contribution in [0.3, 0.4) is 0 Å². The predicted molar refractivity (Wildman–Crippen MR) is 88.8 cm³/mol. The van der Waals surface area contributed by atoms with Crippen molar-refractivity contribution < 1.29 is 0 Å². The van der Waals surface area contributed by atoms with Crippen molar-refractivity contribution in [2.75, 3.05) is 18.5 Å². The summed E-state index contributed by atoms with van der Waals surface area (Å²) in [7, 11) is 4.10. The van der Waals surface area contributed by atoms with E-state index in [1.54, 1.807) is 0 Å². The summed E-state index contributed by atoms with van der Waals surface area (Å²) in [6.45, 7) is 4.77. The van der Waals surface area contributed by atoms with Crippen molar-refractivity contribution in [1.29, 1.82) is 0 Å². The minimum atomic E-state index is 0.770. The molecule has 4 nitrogen and oxygen atoms in total. The summed E-state index contributed by atoms with van der Waals surface area (Å²) in [5, 5.41) is 4.21. The second-order valence-electron chi connectivity index (χ2n) is 5.26. The number of nitrogens with zero attached hydrogens (tertiary/aromatic N) is 3. The van der Waals surface area contributed by atoms with E-state index < -0.39 is 0 Å². The first kappa shape index (κ1) is 15.9. The van der Waals surface area contributed by atoms with Crippen LogP contribution in [-0.4, -0.2) is 23.1 Å². The van der Waals surface area contributed by atoms with Crippen LogP contribution in [-0.2, 0) is 20.1 Å². The lowest BCUT2D eigenvalue weighted by molar-refractivity contribution is 0.672. The van der Waals surface area contributed by atoms with E-state index in [0.29, 0.717) is 0 Å². The molecular formula is C16H23ClN4. The van der Waals surface area contributed by atoms with Gasteiger partial charge in [0.05, 0.1) is 6.54 Å². The number of halogens is 1. The van der Waals surface area contributed by atoms with Crippen LogP contribution >= 0.6 is 11.6 Å². The van der Waals surface area contributed by atoms with Crippen LogP contribution in [0.25, 0.3) is 0 Å². The molecule has 0 aliphatic rings. The van der Waals surface area contributed by atoms with Crippen LogP contribution in [0.4, 0.5) is 5.69 Å². The Morgan fingerprint density at radius 3 is 2.86 bits per heavy atom. The molecule has 1 aromatic heterocycles. The van der Waals surface area contributed by atoms with Crippen LogP contribution in [0, 0.1) is 0 Å². The van der Waals surface area contributed by atoms with Gasteiger partial charge < -0.3 is 14.8 Å². The molecule has 114 valence electrons. The first-order valence-corrected chi connectivity index (χ1v) is 7.66. The molecule has 0 aliphatic heterocycles. The number of imidazole rings is 1. The second kappa shape index (κ2) is 7.48. The Labute approximate surface area is 131 Å². The molecule has 1 N–H and O–H groups in total. The van der Waals surface area contributed by atoms with E-state index in [-0.39, 0.29) is 0 Å². The zero-order valence-corrected chi connectivity index (χ0v) is 13.7. The fraction of sp³-hybridized carbons (Fsp3) is 0.438. The van der Waals surface area contributed by atoms with Gasteiger partial charge in [-0.2, -0.15) is 0 Å². The number of hydrogen-bond acceptors (Lipinski definition) is 3. The fourth-order valence-electron chi connectivity index (χ4n) is 2.31. The van der Waals surface area contributed by atoms with Gasteiger partial charge in [0.1, 0.15) is 5.82 Å². The minimum absolute atomic E-state index is 0.770. The molecule has 0 amide bonds. The number of nitrogens with one attached hydrogen (secondary N) is 1. The van der Waals surface area contributed by atoms with Gasteiger partial charge in [0.2, 0.25) is 0 Å². The first-order chi connectivity index (χ1) is 10.1. The Morgan fingerprint density at radius 2 is 2.19 bits per heavy atom. The maximum absolute atomic E-state index is 6.14. The summed E-state index contributed by atoms with van der Waals surface area (Å²) in [5.41, 5.74) is 2.40. The van der Waals surface area contributed by atoms with Crippen molar-refractivity contribution >= 4 is 17.3 Å². The normalized spacial score (nSPS) is 10.9. The Hall–Kier alpha value is -1.52. The number of aryl methyl sites for hydroxylation is 1. The molecule has 0 fully saturated rings. The number of rotatable bonds is 7. The maximum atomic E-state index is 6.14. The van der Waals surface area contributed by atoms with Gasteiger partial charge in [-0.05, 0) is 36.7 Å². The van der Waals surface area contributed by atoms with Crippen LogP contribution in [0.2, 0.25) is 5.02 Å². The quantitative estimate of drug-likeness (QED) is 0.797. The van der Waals surface area contributed by atoms with Gasteiger partial charge in [-0.25, -0.2) is 4.98 Å². The van der Waals surface area contributed by atoms with Crippen LogP contribution in [0.15, 0.2) is 30.6 Å². The van der Waals surface area contributed by atoms with Crippen molar-refractivity contribution in [3.05, 3.63) is 47.0 Å². The van der Waals surface area contributed by atoms with Gasteiger partial charge in [-0.3, -0.25) is 0 Å². The number of aromatic nitrogens is 2. The summed E-state index contributed by atoms with van der Waals surface area (Å²) in [4.78, 5) is 6.59. The predicted octanol–water partition coefficient (Wildman–Crippen LogP) is 3.21. The highest BCUT2D eigenvalue weighted by Gasteiger charge is 2.10. The molecule has 1 heterocycles. The van der Waals surface area contributed by atoms with Crippen molar-refractivity contribution in [1.82, 2.24) is 14.9 Å². The lowest BCUT2D eigenvalue weighted by atomic mass is 10.1. The monoisotopic (exact) mass is 306 g/mol. The molecule has 0 saturated carbocycles. The highest BCUT2D eigenvalue weighted by Crippen LogP contribution is 2.24. The number of hydrogen-bond donors (Lipinski definition) is 1. The maximum Gasteiger partial charge on any atom is 0.127 e. The fourth-order valence-corrected chi connectivity index (χ4v) is 2.51.